The highest BCUT2D eigenvalue weighted by atomic mass is 32.2. The molecule has 9 nitrogen and oxygen atoms in total. The molecule has 0 aliphatic carbocycles. The van der Waals surface area contributed by atoms with E-state index >= 15 is 0 Å². The number of carboxylic acid groups (broad SMARTS) is 1. The van der Waals surface area contributed by atoms with E-state index in [-0.39, 0.29) is 35.9 Å². The minimum atomic E-state index is -3.84. The van der Waals surface area contributed by atoms with Crippen LogP contribution >= 0.6 is 0 Å². The molecule has 2 aromatic carbocycles. The number of aryl methyl sites for hydroxylation is 1. The summed E-state index contributed by atoms with van der Waals surface area (Å²) in [5.41, 5.74) is 3.40. The molecular formula is C29H32N4O5S. The van der Waals surface area contributed by atoms with Gasteiger partial charge in [0.1, 0.15) is 4.90 Å². The summed E-state index contributed by atoms with van der Waals surface area (Å²) in [6.07, 6.45) is 1.71. The topological polar surface area (TPSA) is 115 Å². The molecule has 2 atom stereocenters. The molecule has 0 radical (unpaired) electrons. The van der Waals surface area contributed by atoms with Crippen LogP contribution in [0.15, 0.2) is 71.8 Å². The van der Waals surface area contributed by atoms with E-state index in [4.69, 9.17) is 9.84 Å². The molecule has 3 heterocycles. The summed E-state index contributed by atoms with van der Waals surface area (Å²) in [6, 6.07) is 18.6. The molecular weight excluding hydrogens is 516 g/mol. The number of pyridine rings is 1. The van der Waals surface area contributed by atoms with E-state index in [0.717, 1.165) is 22.0 Å². The smallest absolute Gasteiger partial charge is 0.309 e. The van der Waals surface area contributed by atoms with Crippen molar-refractivity contribution in [3.05, 3.63) is 83.7 Å². The van der Waals surface area contributed by atoms with Crippen molar-refractivity contribution < 1.29 is 23.1 Å². The van der Waals surface area contributed by atoms with Crippen molar-refractivity contribution in [1.29, 1.82) is 0 Å². The van der Waals surface area contributed by atoms with Gasteiger partial charge in [-0.15, -0.1) is 0 Å². The van der Waals surface area contributed by atoms with Gasteiger partial charge < -0.3 is 9.84 Å². The Morgan fingerprint density at radius 2 is 1.87 bits per heavy atom. The lowest BCUT2D eigenvalue weighted by atomic mass is 9.95. The summed E-state index contributed by atoms with van der Waals surface area (Å²) in [7, 11) is -3.84. The predicted molar refractivity (Wildman–Crippen MR) is 147 cm³/mol. The molecule has 5 rings (SSSR count). The quantitative estimate of drug-likeness (QED) is 0.332. The first-order chi connectivity index (χ1) is 18.6. The van der Waals surface area contributed by atoms with Gasteiger partial charge >= 0.3 is 5.97 Å². The number of aliphatic carboxylic acids is 1. The highest BCUT2D eigenvalue weighted by Gasteiger charge is 2.41. The molecule has 2 aromatic heterocycles. The summed E-state index contributed by atoms with van der Waals surface area (Å²) >= 11 is 0. The summed E-state index contributed by atoms with van der Waals surface area (Å²) in [6.45, 7) is 6.24. The molecule has 0 amide bonds. The number of nitrogens with zero attached hydrogens (tertiary/aromatic N) is 4. The van der Waals surface area contributed by atoms with Crippen LogP contribution in [0, 0.1) is 12.8 Å². The SMILES string of the molecule is Cc1ccc2c(CC(=O)O)nn([C@H]3CN(S(=O)(=O)c4ccc(OC(C)C)nc4)C[C@H]3Cc3ccccc3)c2c1. The number of ether oxygens (including phenoxy) is 1. The van der Waals surface area contributed by atoms with E-state index in [1.54, 1.807) is 6.07 Å². The van der Waals surface area contributed by atoms with Gasteiger partial charge in [0.05, 0.1) is 36.0 Å². The van der Waals surface area contributed by atoms with Gasteiger partial charge in [-0.25, -0.2) is 13.4 Å². The Labute approximate surface area is 228 Å². The molecule has 0 spiro atoms. The lowest BCUT2D eigenvalue weighted by molar-refractivity contribution is -0.136. The first-order valence-electron chi connectivity index (χ1n) is 13.0. The van der Waals surface area contributed by atoms with Crippen LogP contribution in [-0.4, -0.2) is 57.8 Å². The third-order valence-corrected chi connectivity index (χ3v) is 8.80. The van der Waals surface area contributed by atoms with Gasteiger partial charge in [0.15, 0.2) is 0 Å². The second-order valence-corrected chi connectivity index (χ2v) is 12.3. The summed E-state index contributed by atoms with van der Waals surface area (Å²) in [4.78, 5) is 15.9. The fourth-order valence-electron chi connectivity index (χ4n) is 5.23. The molecule has 39 heavy (non-hydrogen) atoms. The number of carboxylic acids is 1. The Morgan fingerprint density at radius 1 is 1.10 bits per heavy atom. The van der Waals surface area contributed by atoms with Crippen LogP contribution in [0.1, 0.15) is 36.7 Å². The molecule has 1 saturated heterocycles. The number of hydrogen-bond acceptors (Lipinski definition) is 6. The van der Waals surface area contributed by atoms with Gasteiger partial charge in [0, 0.05) is 30.5 Å². The summed E-state index contributed by atoms with van der Waals surface area (Å²) in [5.74, 6) is -0.675. The van der Waals surface area contributed by atoms with Crippen molar-refractivity contribution in [2.24, 2.45) is 5.92 Å². The Morgan fingerprint density at radius 3 is 2.54 bits per heavy atom. The Kier molecular flexibility index (Phi) is 7.42. The van der Waals surface area contributed by atoms with Gasteiger partial charge in [0.2, 0.25) is 15.9 Å². The number of rotatable bonds is 9. The molecule has 4 aromatic rings. The zero-order chi connectivity index (χ0) is 27.7. The fourth-order valence-corrected chi connectivity index (χ4v) is 6.69. The highest BCUT2D eigenvalue weighted by molar-refractivity contribution is 7.89. The molecule has 0 unspecified atom stereocenters. The number of carbonyl (C=O) groups is 1. The minimum Gasteiger partial charge on any atom is -0.481 e. The van der Waals surface area contributed by atoms with Gasteiger partial charge in [-0.1, -0.05) is 42.5 Å². The number of fused-ring (bicyclic) bond motifs is 1. The van der Waals surface area contributed by atoms with Crippen LogP contribution in [0.5, 0.6) is 5.88 Å². The zero-order valence-electron chi connectivity index (χ0n) is 22.2. The molecule has 204 valence electrons. The number of aromatic nitrogens is 3. The standard InChI is InChI=1S/C29H32N4O5S/c1-19(2)38-28-12-10-23(16-30-28)39(36,37)32-17-22(14-21-7-5-4-6-8-21)27(18-32)33-26-13-20(3)9-11-24(26)25(31-33)15-29(34)35/h4-13,16,19,22,27H,14-15,17-18H2,1-3H3,(H,34,35)/t22-,27+/m1/s1. The average Bonchev–Trinajstić information content (AvgIpc) is 3.45. The van der Waals surface area contributed by atoms with E-state index in [0.29, 0.717) is 24.5 Å². The number of sulfonamides is 1. The fraction of sp³-hybridized carbons (Fsp3) is 0.345. The van der Waals surface area contributed by atoms with Crippen molar-refractivity contribution in [3.8, 4) is 5.88 Å². The monoisotopic (exact) mass is 548 g/mol. The normalized spacial score (nSPS) is 18.2. The van der Waals surface area contributed by atoms with Crippen LogP contribution in [0.3, 0.4) is 0 Å². The second-order valence-electron chi connectivity index (χ2n) is 10.3. The summed E-state index contributed by atoms with van der Waals surface area (Å²) in [5, 5.41) is 15.0. The average molecular weight is 549 g/mol. The van der Waals surface area contributed by atoms with Crippen molar-refractivity contribution in [1.82, 2.24) is 19.1 Å². The minimum absolute atomic E-state index is 0.0726. The van der Waals surface area contributed by atoms with E-state index in [1.807, 2.05) is 74.0 Å². The zero-order valence-corrected chi connectivity index (χ0v) is 23.0. The Bertz CT molecular complexity index is 1580. The molecule has 1 N–H and O–H groups in total. The first kappa shape index (κ1) is 26.8. The largest absolute Gasteiger partial charge is 0.481 e. The van der Waals surface area contributed by atoms with E-state index in [2.05, 4.69) is 4.98 Å². The number of benzene rings is 2. The highest BCUT2D eigenvalue weighted by Crippen LogP contribution is 2.37. The third-order valence-electron chi connectivity index (χ3n) is 6.99. The lowest BCUT2D eigenvalue weighted by Crippen LogP contribution is -2.29. The van der Waals surface area contributed by atoms with E-state index < -0.39 is 16.0 Å². The van der Waals surface area contributed by atoms with Crippen LogP contribution in [0.2, 0.25) is 0 Å². The predicted octanol–water partition coefficient (Wildman–Crippen LogP) is 4.26. The first-order valence-corrected chi connectivity index (χ1v) is 14.4. The van der Waals surface area contributed by atoms with Crippen molar-refractivity contribution in [3.63, 3.8) is 0 Å². The van der Waals surface area contributed by atoms with E-state index in [9.17, 15) is 18.3 Å². The summed E-state index contributed by atoms with van der Waals surface area (Å²) < 4.78 is 36.4. The van der Waals surface area contributed by atoms with Gasteiger partial charge in [-0.3, -0.25) is 9.48 Å². The lowest BCUT2D eigenvalue weighted by Gasteiger charge is -2.20. The van der Waals surface area contributed by atoms with Crippen LogP contribution in [0.4, 0.5) is 0 Å². The van der Waals surface area contributed by atoms with Crippen LogP contribution in [0.25, 0.3) is 10.9 Å². The van der Waals surface area contributed by atoms with Gasteiger partial charge in [-0.05, 0) is 50.5 Å². The molecule has 1 fully saturated rings. The van der Waals surface area contributed by atoms with Crippen LogP contribution < -0.4 is 4.74 Å². The van der Waals surface area contributed by atoms with Crippen molar-refractivity contribution >= 4 is 26.9 Å². The molecule has 0 bridgehead atoms. The van der Waals surface area contributed by atoms with Crippen LogP contribution in [-0.2, 0) is 27.7 Å². The molecule has 1 aliphatic heterocycles. The van der Waals surface area contributed by atoms with Gasteiger partial charge in [0.25, 0.3) is 0 Å². The van der Waals surface area contributed by atoms with Crippen molar-refractivity contribution in [2.45, 2.75) is 50.7 Å². The second kappa shape index (κ2) is 10.8. The van der Waals surface area contributed by atoms with E-state index in [1.165, 1.54) is 16.6 Å². The van der Waals surface area contributed by atoms with Crippen molar-refractivity contribution in [2.75, 3.05) is 13.1 Å². The molecule has 1 aliphatic rings. The Balaban J connectivity index is 1.53. The third kappa shape index (κ3) is 5.67. The Hall–Kier alpha value is -3.76. The maximum Gasteiger partial charge on any atom is 0.309 e. The maximum atomic E-state index is 13.7. The number of hydrogen-bond donors (Lipinski definition) is 1. The molecule has 10 heteroatoms. The maximum absolute atomic E-state index is 13.7. The van der Waals surface area contributed by atoms with Gasteiger partial charge in [-0.2, -0.15) is 9.40 Å². The molecule has 0 saturated carbocycles.